The number of nitrogens with one attached hydrogen (secondary N) is 1. The maximum Gasteiger partial charge on any atom is 0.123 e. The van der Waals surface area contributed by atoms with Gasteiger partial charge in [-0.25, -0.2) is 4.39 Å². The van der Waals surface area contributed by atoms with Crippen LogP contribution in [-0.2, 0) is 0 Å². The average molecular weight is 223 g/mol. The molecule has 1 saturated carbocycles. The molecule has 0 amide bonds. The smallest absolute Gasteiger partial charge is 0.123 e. The SMILES string of the molecule is OCC1(Nc2ccc(F)cc2)CCCCC1. The van der Waals surface area contributed by atoms with Gasteiger partial charge in [0.25, 0.3) is 0 Å². The van der Waals surface area contributed by atoms with Crippen LogP contribution in [0.3, 0.4) is 0 Å². The van der Waals surface area contributed by atoms with Gasteiger partial charge in [0, 0.05) is 5.69 Å². The minimum absolute atomic E-state index is 0.143. The van der Waals surface area contributed by atoms with Gasteiger partial charge in [0.1, 0.15) is 5.82 Å². The highest BCUT2D eigenvalue weighted by atomic mass is 19.1. The van der Waals surface area contributed by atoms with Gasteiger partial charge in [-0.15, -0.1) is 0 Å². The van der Waals surface area contributed by atoms with E-state index in [1.54, 1.807) is 12.1 Å². The third-order valence-electron chi connectivity index (χ3n) is 3.37. The van der Waals surface area contributed by atoms with Gasteiger partial charge in [-0.05, 0) is 37.1 Å². The van der Waals surface area contributed by atoms with E-state index in [-0.39, 0.29) is 18.0 Å². The molecule has 0 bridgehead atoms. The molecule has 2 nitrogen and oxygen atoms in total. The Bertz CT molecular complexity index is 330. The Labute approximate surface area is 95.5 Å². The van der Waals surface area contributed by atoms with Crippen LogP contribution in [0.4, 0.5) is 10.1 Å². The van der Waals surface area contributed by atoms with Crippen molar-refractivity contribution in [3.8, 4) is 0 Å². The zero-order valence-corrected chi connectivity index (χ0v) is 9.38. The van der Waals surface area contributed by atoms with Crippen molar-refractivity contribution < 1.29 is 9.50 Å². The Balaban J connectivity index is 2.08. The zero-order valence-electron chi connectivity index (χ0n) is 9.38. The molecular weight excluding hydrogens is 205 g/mol. The second kappa shape index (κ2) is 4.83. The molecule has 2 N–H and O–H groups in total. The highest BCUT2D eigenvalue weighted by Gasteiger charge is 2.30. The van der Waals surface area contributed by atoms with Crippen LogP contribution in [-0.4, -0.2) is 17.3 Å². The summed E-state index contributed by atoms with van der Waals surface area (Å²) in [6.07, 6.45) is 5.51. The number of hydrogen-bond donors (Lipinski definition) is 2. The van der Waals surface area contributed by atoms with Crippen molar-refractivity contribution >= 4 is 5.69 Å². The summed E-state index contributed by atoms with van der Waals surface area (Å²) in [4.78, 5) is 0. The molecule has 2 rings (SSSR count). The van der Waals surface area contributed by atoms with Crippen LogP contribution in [0.2, 0.25) is 0 Å². The van der Waals surface area contributed by atoms with Crippen LogP contribution in [0.15, 0.2) is 24.3 Å². The van der Waals surface area contributed by atoms with E-state index in [9.17, 15) is 9.50 Å². The topological polar surface area (TPSA) is 32.3 Å². The fraction of sp³-hybridized carbons (Fsp3) is 0.538. The van der Waals surface area contributed by atoms with E-state index < -0.39 is 0 Å². The summed E-state index contributed by atoms with van der Waals surface area (Å²) in [6, 6.07) is 6.33. The Hall–Kier alpha value is -1.09. The van der Waals surface area contributed by atoms with Gasteiger partial charge >= 0.3 is 0 Å². The summed E-state index contributed by atoms with van der Waals surface area (Å²) in [5.41, 5.74) is 0.688. The molecule has 1 aromatic carbocycles. The van der Waals surface area contributed by atoms with Crippen molar-refractivity contribution in [2.45, 2.75) is 37.6 Å². The average Bonchev–Trinajstić information content (AvgIpc) is 2.33. The quantitative estimate of drug-likeness (QED) is 0.825. The first kappa shape index (κ1) is 11.4. The van der Waals surface area contributed by atoms with Gasteiger partial charge in [-0.3, -0.25) is 0 Å². The summed E-state index contributed by atoms with van der Waals surface area (Å²) in [5, 5.41) is 12.9. The van der Waals surface area contributed by atoms with E-state index >= 15 is 0 Å². The van der Waals surface area contributed by atoms with E-state index in [1.165, 1.54) is 18.6 Å². The molecule has 1 aliphatic carbocycles. The van der Waals surface area contributed by atoms with Crippen molar-refractivity contribution in [1.29, 1.82) is 0 Å². The lowest BCUT2D eigenvalue weighted by Gasteiger charge is -2.37. The molecule has 16 heavy (non-hydrogen) atoms. The molecule has 1 aliphatic rings. The molecule has 1 aromatic rings. The first-order chi connectivity index (χ1) is 7.74. The fourth-order valence-electron chi connectivity index (χ4n) is 2.39. The maximum atomic E-state index is 12.8. The number of halogens is 1. The molecule has 0 heterocycles. The lowest BCUT2D eigenvalue weighted by atomic mass is 9.82. The summed E-state index contributed by atoms with van der Waals surface area (Å²) >= 11 is 0. The Morgan fingerprint density at radius 1 is 1.12 bits per heavy atom. The van der Waals surface area contributed by atoms with Crippen LogP contribution in [0, 0.1) is 5.82 Å². The van der Waals surface area contributed by atoms with Crippen molar-refractivity contribution in [3.63, 3.8) is 0 Å². The Morgan fingerprint density at radius 3 is 2.31 bits per heavy atom. The van der Waals surface area contributed by atoms with Gasteiger partial charge in [-0.1, -0.05) is 19.3 Å². The summed E-state index contributed by atoms with van der Waals surface area (Å²) in [7, 11) is 0. The Morgan fingerprint density at radius 2 is 1.75 bits per heavy atom. The van der Waals surface area contributed by atoms with Gasteiger partial charge < -0.3 is 10.4 Å². The number of aliphatic hydroxyl groups excluding tert-OH is 1. The second-order valence-electron chi connectivity index (χ2n) is 4.63. The standard InChI is InChI=1S/C13H18FNO/c14-11-4-6-12(7-5-11)15-13(10-16)8-2-1-3-9-13/h4-7,15-16H,1-3,8-10H2. The third kappa shape index (κ3) is 2.53. The number of rotatable bonds is 3. The number of aliphatic hydroxyl groups is 1. The predicted octanol–water partition coefficient (Wildman–Crippen LogP) is 2.93. The lowest BCUT2D eigenvalue weighted by Crippen LogP contribution is -2.43. The monoisotopic (exact) mass is 223 g/mol. The molecule has 0 unspecified atom stereocenters. The van der Waals surface area contributed by atoms with Crippen LogP contribution >= 0.6 is 0 Å². The van der Waals surface area contributed by atoms with E-state index in [2.05, 4.69) is 5.32 Å². The van der Waals surface area contributed by atoms with Crippen LogP contribution in [0.5, 0.6) is 0 Å². The molecule has 0 aromatic heterocycles. The van der Waals surface area contributed by atoms with Crippen LogP contribution in [0.25, 0.3) is 0 Å². The second-order valence-corrected chi connectivity index (χ2v) is 4.63. The highest BCUT2D eigenvalue weighted by molar-refractivity contribution is 5.45. The van der Waals surface area contributed by atoms with E-state index in [4.69, 9.17) is 0 Å². The van der Waals surface area contributed by atoms with Gasteiger partial charge in [0.15, 0.2) is 0 Å². The number of benzene rings is 1. The van der Waals surface area contributed by atoms with E-state index in [0.29, 0.717) is 0 Å². The maximum absolute atomic E-state index is 12.8. The molecule has 0 radical (unpaired) electrons. The van der Waals surface area contributed by atoms with Crippen LogP contribution < -0.4 is 5.32 Å². The summed E-state index contributed by atoms with van der Waals surface area (Å²) in [6.45, 7) is 0.143. The van der Waals surface area contributed by atoms with Crippen molar-refractivity contribution in [2.24, 2.45) is 0 Å². The molecule has 1 fully saturated rings. The normalized spacial score (nSPS) is 19.4. The molecule has 0 atom stereocenters. The van der Waals surface area contributed by atoms with Crippen molar-refractivity contribution in [1.82, 2.24) is 0 Å². The molecule has 3 heteroatoms. The molecule has 0 spiro atoms. The summed E-state index contributed by atoms with van der Waals surface area (Å²) < 4.78 is 12.8. The third-order valence-corrected chi connectivity index (χ3v) is 3.37. The van der Waals surface area contributed by atoms with Gasteiger partial charge in [0.05, 0.1) is 12.1 Å². The largest absolute Gasteiger partial charge is 0.394 e. The Kier molecular flexibility index (Phi) is 3.44. The predicted molar refractivity (Wildman–Crippen MR) is 62.9 cm³/mol. The summed E-state index contributed by atoms with van der Waals surface area (Å²) in [5.74, 6) is -0.229. The minimum Gasteiger partial charge on any atom is -0.394 e. The van der Waals surface area contributed by atoms with Gasteiger partial charge in [-0.2, -0.15) is 0 Å². The zero-order chi connectivity index (χ0) is 11.4. The molecule has 88 valence electrons. The first-order valence-electron chi connectivity index (χ1n) is 5.89. The van der Waals surface area contributed by atoms with Crippen molar-refractivity contribution in [2.75, 3.05) is 11.9 Å². The van der Waals surface area contributed by atoms with Crippen molar-refractivity contribution in [3.05, 3.63) is 30.1 Å². The van der Waals surface area contributed by atoms with E-state index in [1.807, 2.05) is 0 Å². The van der Waals surface area contributed by atoms with Crippen LogP contribution in [0.1, 0.15) is 32.1 Å². The minimum atomic E-state index is -0.229. The fourth-order valence-corrected chi connectivity index (χ4v) is 2.39. The molecular formula is C13H18FNO. The first-order valence-corrected chi connectivity index (χ1v) is 5.89. The number of hydrogen-bond acceptors (Lipinski definition) is 2. The molecule has 0 aliphatic heterocycles. The molecule has 0 saturated heterocycles. The lowest BCUT2D eigenvalue weighted by molar-refractivity contribution is 0.173. The number of anilines is 1. The van der Waals surface area contributed by atoms with Gasteiger partial charge in [0.2, 0.25) is 0 Å². The highest BCUT2D eigenvalue weighted by Crippen LogP contribution is 2.31. The van der Waals surface area contributed by atoms with E-state index in [0.717, 1.165) is 31.4 Å².